The van der Waals surface area contributed by atoms with Crippen molar-refractivity contribution >= 4 is 5.91 Å². The molecular weight excluding hydrogens is 266 g/mol. The molecule has 5 heteroatoms. The third-order valence-corrected chi connectivity index (χ3v) is 5.34. The summed E-state index contributed by atoms with van der Waals surface area (Å²) in [5.74, 6) is 0.205. The van der Waals surface area contributed by atoms with Gasteiger partial charge in [0.2, 0.25) is 5.91 Å². The van der Waals surface area contributed by atoms with E-state index in [4.69, 9.17) is 10.5 Å². The molecule has 0 bridgehead atoms. The van der Waals surface area contributed by atoms with Gasteiger partial charge in [-0.1, -0.05) is 20.3 Å². The van der Waals surface area contributed by atoms with Crippen LogP contribution in [-0.4, -0.2) is 55.2 Å². The number of nitrogens with two attached hydrogens (primary N) is 1. The van der Waals surface area contributed by atoms with Gasteiger partial charge in [-0.15, -0.1) is 0 Å². The molecule has 3 N–H and O–H groups in total. The lowest BCUT2D eigenvalue weighted by molar-refractivity contribution is -0.126. The van der Waals surface area contributed by atoms with Gasteiger partial charge >= 0.3 is 0 Å². The van der Waals surface area contributed by atoms with Gasteiger partial charge < -0.3 is 15.8 Å². The van der Waals surface area contributed by atoms with E-state index in [9.17, 15) is 4.79 Å². The Kier molecular flexibility index (Phi) is 6.02. The van der Waals surface area contributed by atoms with Gasteiger partial charge in [0.1, 0.15) is 5.54 Å². The summed E-state index contributed by atoms with van der Waals surface area (Å²) >= 11 is 0. The molecule has 122 valence electrons. The van der Waals surface area contributed by atoms with E-state index in [-0.39, 0.29) is 5.91 Å². The van der Waals surface area contributed by atoms with Crippen LogP contribution in [-0.2, 0) is 9.53 Å². The zero-order chi connectivity index (χ0) is 15.3. The Hall–Kier alpha value is -0.650. The van der Waals surface area contributed by atoms with Crippen LogP contribution in [0.4, 0.5) is 0 Å². The van der Waals surface area contributed by atoms with Crippen LogP contribution >= 0.6 is 0 Å². The van der Waals surface area contributed by atoms with Crippen molar-refractivity contribution in [2.75, 3.05) is 32.8 Å². The molecule has 1 saturated heterocycles. The molecule has 21 heavy (non-hydrogen) atoms. The van der Waals surface area contributed by atoms with E-state index >= 15 is 0 Å². The number of hydrogen-bond donors (Lipinski definition) is 2. The van der Waals surface area contributed by atoms with Crippen molar-refractivity contribution in [2.45, 2.75) is 57.5 Å². The highest BCUT2D eigenvalue weighted by Crippen LogP contribution is 2.38. The topological polar surface area (TPSA) is 67.6 Å². The van der Waals surface area contributed by atoms with Crippen molar-refractivity contribution in [1.29, 1.82) is 0 Å². The van der Waals surface area contributed by atoms with Gasteiger partial charge in [-0.2, -0.15) is 0 Å². The second-order valence-electron chi connectivity index (χ2n) is 6.42. The van der Waals surface area contributed by atoms with Crippen LogP contribution < -0.4 is 11.1 Å². The van der Waals surface area contributed by atoms with E-state index in [1.807, 2.05) is 0 Å². The molecule has 3 atom stereocenters. The molecule has 0 aromatic carbocycles. The van der Waals surface area contributed by atoms with Crippen molar-refractivity contribution < 1.29 is 9.53 Å². The first-order valence-electron chi connectivity index (χ1n) is 8.50. The molecule has 3 unspecified atom stereocenters. The number of carbonyl (C=O) groups is 1. The summed E-state index contributed by atoms with van der Waals surface area (Å²) in [4.78, 5) is 14.5. The van der Waals surface area contributed by atoms with Gasteiger partial charge in [0.25, 0.3) is 0 Å². The van der Waals surface area contributed by atoms with Crippen LogP contribution in [0.25, 0.3) is 0 Å². The second-order valence-corrected chi connectivity index (χ2v) is 6.42. The van der Waals surface area contributed by atoms with Crippen LogP contribution in [0.2, 0.25) is 0 Å². The van der Waals surface area contributed by atoms with Crippen molar-refractivity contribution in [2.24, 2.45) is 11.7 Å². The van der Waals surface area contributed by atoms with E-state index < -0.39 is 5.54 Å². The lowest BCUT2D eigenvalue weighted by atomic mass is 9.83. The maximum Gasteiger partial charge on any atom is 0.238 e. The lowest BCUT2D eigenvalue weighted by Crippen LogP contribution is -2.58. The predicted molar refractivity (Wildman–Crippen MR) is 84.0 cm³/mol. The number of primary amides is 1. The number of likely N-dealkylation sites (N-methyl/N-ethyl adjacent to an activating group) is 1. The summed E-state index contributed by atoms with van der Waals surface area (Å²) < 4.78 is 5.56. The fourth-order valence-corrected chi connectivity index (χ4v) is 4.11. The fraction of sp³-hybridized carbons (Fsp3) is 0.938. The van der Waals surface area contributed by atoms with E-state index in [1.54, 1.807) is 0 Å². The van der Waals surface area contributed by atoms with Gasteiger partial charge in [0.15, 0.2) is 0 Å². The molecule has 2 fully saturated rings. The van der Waals surface area contributed by atoms with Crippen LogP contribution in [0, 0.1) is 5.92 Å². The third kappa shape index (κ3) is 3.58. The van der Waals surface area contributed by atoms with Crippen LogP contribution in [0.1, 0.15) is 46.0 Å². The SMILES string of the molecule is CCNC1(C(N)=O)CCCC1CCN1CCOCC1CC. The number of carbonyl (C=O) groups excluding carboxylic acids is 1. The first kappa shape index (κ1) is 16.7. The maximum atomic E-state index is 12.0. The van der Waals surface area contributed by atoms with Gasteiger partial charge in [0, 0.05) is 12.6 Å². The maximum absolute atomic E-state index is 12.0. The smallest absolute Gasteiger partial charge is 0.238 e. The van der Waals surface area contributed by atoms with Gasteiger partial charge in [-0.3, -0.25) is 9.69 Å². The summed E-state index contributed by atoms with van der Waals surface area (Å²) in [7, 11) is 0. The van der Waals surface area contributed by atoms with E-state index in [1.165, 1.54) is 0 Å². The van der Waals surface area contributed by atoms with Crippen molar-refractivity contribution in [3.8, 4) is 0 Å². The van der Waals surface area contributed by atoms with Crippen LogP contribution in [0.15, 0.2) is 0 Å². The number of hydrogen-bond acceptors (Lipinski definition) is 4. The molecule has 2 aliphatic rings. The average molecular weight is 297 g/mol. The molecule has 2 rings (SSSR count). The average Bonchev–Trinajstić information content (AvgIpc) is 2.90. The summed E-state index contributed by atoms with van der Waals surface area (Å²) in [6, 6.07) is 0.530. The standard InChI is InChI=1S/C16H31N3O2/c1-3-14-12-21-11-10-19(14)9-7-13-6-5-8-16(13,15(17)20)18-4-2/h13-14,18H,3-12H2,1-2H3,(H2,17,20). The zero-order valence-electron chi connectivity index (χ0n) is 13.6. The summed E-state index contributed by atoms with van der Waals surface area (Å²) in [6.45, 7) is 8.80. The molecule has 1 saturated carbocycles. The number of nitrogens with zero attached hydrogens (tertiary/aromatic N) is 1. The number of rotatable bonds is 7. The lowest BCUT2D eigenvalue weighted by Gasteiger charge is -2.38. The highest BCUT2D eigenvalue weighted by Gasteiger charge is 2.46. The van der Waals surface area contributed by atoms with Crippen LogP contribution in [0.5, 0.6) is 0 Å². The Morgan fingerprint density at radius 1 is 1.48 bits per heavy atom. The minimum Gasteiger partial charge on any atom is -0.378 e. The molecule has 1 aliphatic heterocycles. The highest BCUT2D eigenvalue weighted by molar-refractivity contribution is 5.85. The van der Waals surface area contributed by atoms with Crippen molar-refractivity contribution in [3.63, 3.8) is 0 Å². The van der Waals surface area contributed by atoms with E-state index in [0.29, 0.717) is 12.0 Å². The zero-order valence-corrected chi connectivity index (χ0v) is 13.6. The Bertz CT molecular complexity index is 350. The molecule has 1 amide bonds. The van der Waals surface area contributed by atoms with Crippen LogP contribution in [0.3, 0.4) is 0 Å². The molecule has 0 aromatic rings. The number of amides is 1. The molecule has 0 spiro atoms. The molecule has 0 aromatic heterocycles. The summed E-state index contributed by atoms with van der Waals surface area (Å²) in [5.41, 5.74) is 5.27. The first-order chi connectivity index (χ1) is 10.1. The summed E-state index contributed by atoms with van der Waals surface area (Å²) in [6.07, 6.45) is 5.27. The minimum atomic E-state index is -0.469. The van der Waals surface area contributed by atoms with Crippen molar-refractivity contribution in [3.05, 3.63) is 0 Å². The minimum absolute atomic E-state index is 0.166. The van der Waals surface area contributed by atoms with Gasteiger partial charge in [-0.05, 0) is 44.7 Å². The first-order valence-corrected chi connectivity index (χ1v) is 8.50. The van der Waals surface area contributed by atoms with E-state index in [0.717, 1.165) is 65.0 Å². The number of morpholine rings is 1. The molecule has 1 heterocycles. The molecule has 5 nitrogen and oxygen atoms in total. The van der Waals surface area contributed by atoms with Gasteiger partial charge in [0.05, 0.1) is 13.2 Å². The van der Waals surface area contributed by atoms with Crippen molar-refractivity contribution in [1.82, 2.24) is 10.2 Å². The predicted octanol–water partition coefficient (Wildman–Crippen LogP) is 1.12. The normalized spacial score (nSPS) is 34.2. The summed E-state index contributed by atoms with van der Waals surface area (Å²) in [5, 5.41) is 3.40. The fourth-order valence-electron chi connectivity index (χ4n) is 4.11. The quantitative estimate of drug-likeness (QED) is 0.739. The monoisotopic (exact) mass is 297 g/mol. The molecular formula is C16H31N3O2. The largest absolute Gasteiger partial charge is 0.378 e. The Balaban J connectivity index is 1.95. The van der Waals surface area contributed by atoms with Gasteiger partial charge in [-0.25, -0.2) is 0 Å². The Morgan fingerprint density at radius 2 is 2.29 bits per heavy atom. The Morgan fingerprint density at radius 3 is 2.95 bits per heavy atom. The second kappa shape index (κ2) is 7.56. The number of ether oxygens (including phenoxy) is 1. The molecule has 1 aliphatic carbocycles. The van der Waals surface area contributed by atoms with E-state index in [2.05, 4.69) is 24.1 Å². The number of nitrogens with one attached hydrogen (secondary N) is 1. The Labute approximate surface area is 128 Å². The third-order valence-electron chi connectivity index (χ3n) is 5.34. The highest BCUT2D eigenvalue weighted by atomic mass is 16.5. The molecule has 0 radical (unpaired) electrons.